The van der Waals surface area contributed by atoms with Gasteiger partial charge < -0.3 is 14.8 Å². The zero-order valence-corrected chi connectivity index (χ0v) is 12.9. The fraction of sp³-hybridized carbons (Fsp3) is 0.786. The van der Waals surface area contributed by atoms with E-state index in [1.807, 2.05) is 0 Å². The molecule has 1 atom stereocenters. The number of ether oxygens (including phenoxy) is 2. The predicted octanol–water partition coefficient (Wildman–Crippen LogP) is 1.42. The van der Waals surface area contributed by atoms with E-state index in [1.54, 1.807) is 34.6 Å². The summed E-state index contributed by atoms with van der Waals surface area (Å²) in [5.74, 6) is -1.19. The van der Waals surface area contributed by atoms with Gasteiger partial charge in [-0.15, -0.1) is 0 Å². The van der Waals surface area contributed by atoms with E-state index < -0.39 is 23.4 Å². The summed E-state index contributed by atoms with van der Waals surface area (Å²) < 4.78 is 9.70. The molecule has 0 saturated heterocycles. The van der Waals surface area contributed by atoms with E-state index in [4.69, 9.17) is 9.47 Å². The van der Waals surface area contributed by atoms with Crippen LogP contribution in [0.5, 0.6) is 0 Å². The second-order valence-corrected chi connectivity index (χ2v) is 5.37. The lowest BCUT2D eigenvalue weighted by Crippen LogP contribution is -2.46. The molecule has 1 amide bonds. The first-order chi connectivity index (χ1) is 9.22. The van der Waals surface area contributed by atoms with Gasteiger partial charge in [-0.1, -0.05) is 20.8 Å². The molecular weight excluding hydrogens is 262 g/mol. The van der Waals surface area contributed by atoms with E-state index in [0.29, 0.717) is 0 Å². The molecule has 0 saturated carbocycles. The number of carbonyl (C=O) groups is 3. The minimum Gasteiger partial charge on any atom is -0.466 e. The van der Waals surface area contributed by atoms with Crippen LogP contribution >= 0.6 is 0 Å². The van der Waals surface area contributed by atoms with Gasteiger partial charge in [-0.05, 0) is 20.3 Å². The Labute approximate surface area is 120 Å². The van der Waals surface area contributed by atoms with E-state index >= 15 is 0 Å². The van der Waals surface area contributed by atoms with Crippen LogP contribution in [-0.2, 0) is 23.9 Å². The van der Waals surface area contributed by atoms with Gasteiger partial charge in [-0.2, -0.15) is 0 Å². The van der Waals surface area contributed by atoms with E-state index in [9.17, 15) is 14.4 Å². The molecular formula is C14H25NO5. The number of carbonyl (C=O) groups excluding carboxylic acids is 3. The molecule has 6 nitrogen and oxygen atoms in total. The Morgan fingerprint density at radius 1 is 1.05 bits per heavy atom. The van der Waals surface area contributed by atoms with E-state index in [-0.39, 0.29) is 32.0 Å². The van der Waals surface area contributed by atoms with Crippen LogP contribution in [0.4, 0.5) is 0 Å². The number of hydrogen-bond donors (Lipinski definition) is 1. The largest absolute Gasteiger partial charge is 0.466 e. The average Bonchev–Trinajstić information content (AvgIpc) is 2.33. The Morgan fingerprint density at radius 2 is 1.60 bits per heavy atom. The third-order valence-corrected chi connectivity index (χ3v) is 2.50. The Morgan fingerprint density at radius 3 is 2.05 bits per heavy atom. The van der Waals surface area contributed by atoms with Gasteiger partial charge >= 0.3 is 11.9 Å². The minimum atomic E-state index is -0.828. The standard InChI is InChI=1S/C14H25NO5/c1-6-19-11(16)9-8-10(12(17)20-7-2)15-13(18)14(3,4)5/h10H,6-9H2,1-5H3,(H,15,18)/t10-/m0/s1. The van der Waals surface area contributed by atoms with Crippen molar-refractivity contribution >= 4 is 17.8 Å². The van der Waals surface area contributed by atoms with Crippen molar-refractivity contribution in [3.8, 4) is 0 Å². The normalized spacial score (nSPS) is 12.4. The summed E-state index contributed by atoms with van der Waals surface area (Å²) >= 11 is 0. The highest BCUT2D eigenvalue weighted by molar-refractivity contribution is 5.87. The summed E-state index contributed by atoms with van der Waals surface area (Å²) in [7, 11) is 0. The van der Waals surface area contributed by atoms with Gasteiger partial charge in [0.25, 0.3) is 0 Å². The molecule has 0 bridgehead atoms. The average molecular weight is 287 g/mol. The molecule has 0 spiro atoms. The van der Waals surface area contributed by atoms with Crippen LogP contribution in [0, 0.1) is 5.41 Å². The fourth-order valence-electron chi connectivity index (χ4n) is 1.36. The summed E-state index contributed by atoms with van der Waals surface area (Å²) in [6.45, 7) is 9.15. The van der Waals surface area contributed by atoms with Gasteiger partial charge in [0.15, 0.2) is 0 Å². The summed E-state index contributed by atoms with van der Waals surface area (Å²) in [6, 6.07) is -0.828. The first-order valence-electron chi connectivity index (χ1n) is 6.85. The third kappa shape index (κ3) is 7.11. The third-order valence-electron chi connectivity index (χ3n) is 2.50. The van der Waals surface area contributed by atoms with Crippen LogP contribution in [0.25, 0.3) is 0 Å². The molecule has 116 valence electrons. The summed E-state index contributed by atoms with van der Waals surface area (Å²) in [5, 5.41) is 2.62. The lowest BCUT2D eigenvalue weighted by atomic mass is 9.95. The first kappa shape index (κ1) is 18.4. The maximum Gasteiger partial charge on any atom is 0.328 e. The van der Waals surface area contributed by atoms with Crippen LogP contribution in [0.3, 0.4) is 0 Å². The number of nitrogens with one attached hydrogen (secondary N) is 1. The van der Waals surface area contributed by atoms with E-state index in [1.165, 1.54) is 0 Å². The van der Waals surface area contributed by atoms with Gasteiger partial charge in [-0.3, -0.25) is 9.59 Å². The molecule has 20 heavy (non-hydrogen) atoms. The highest BCUT2D eigenvalue weighted by Gasteiger charge is 2.28. The Balaban J connectivity index is 4.61. The van der Waals surface area contributed by atoms with Crippen molar-refractivity contribution in [2.75, 3.05) is 13.2 Å². The minimum absolute atomic E-state index is 0.0573. The van der Waals surface area contributed by atoms with Gasteiger partial charge in [0.1, 0.15) is 6.04 Å². The maximum absolute atomic E-state index is 11.9. The van der Waals surface area contributed by atoms with E-state index in [2.05, 4.69) is 5.32 Å². The molecule has 0 fully saturated rings. The molecule has 0 aromatic rings. The van der Waals surface area contributed by atoms with Crippen LogP contribution in [-0.4, -0.2) is 37.1 Å². The van der Waals surface area contributed by atoms with Gasteiger partial charge in [0.05, 0.1) is 13.2 Å². The molecule has 0 aliphatic carbocycles. The molecule has 0 aromatic heterocycles. The zero-order chi connectivity index (χ0) is 15.8. The first-order valence-corrected chi connectivity index (χ1v) is 6.85. The van der Waals surface area contributed by atoms with Crippen molar-refractivity contribution in [2.45, 2.75) is 53.5 Å². The van der Waals surface area contributed by atoms with Crippen LogP contribution in [0.2, 0.25) is 0 Å². The Bertz CT molecular complexity index is 346. The number of esters is 2. The smallest absolute Gasteiger partial charge is 0.328 e. The second kappa shape index (κ2) is 8.55. The molecule has 0 unspecified atom stereocenters. The van der Waals surface area contributed by atoms with Crippen molar-refractivity contribution in [1.29, 1.82) is 0 Å². The Kier molecular flexibility index (Phi) is 7.87. The summed E-state index contributed by atoms with van der Waals surface area (Å²) in [5.41, 5.74) is -0.616. The fourth-order valence-corrected chi connectivity index (χ4v) is 1.36. The monoisotopic (exact) mass is 287 g/mol. The Hall–Kier alpha value is -1.59. The van der Waals surface area contributed by atoms with Gasteiger partial charge in [-0.25, -0.2) is 4.79 Å². The van der Waals surface area contributed by atoms with Gasteiger partial charge in [0, 0.05) is 11.8 Å². The van der Waals surface area contributed by atoms with Crippen LogP contribution in [0.15, 0.2) is 0 Å². The number of amides is 1. The maximum atomic E-state index is 11.9. The zero-order valence-electron chi connectivity index (χ0n) is 12.9. The summed E-state index contributed by atoms with van der Waals surface area (Å²) in [6.07, 6.45) is 0.223. The summed E-state index contributed by atoms with van der Waals surface area (Å²) in [4.78, 5) is 35.0. The van der Waals surface area contributed by atoms with Crippen LogP contribution in [0.1, 0.15) is 47.5 Å². The van der Waals surface area contributed by atoms with Crippen molar-refractivity contribution in [2.24, 2.45) is 5.41 Å². The molecule has 0 radical (unpaired) electrons. The molecule has 0 aliphatic heterocycles. The SMILES string of the molecule is CCOC(=O)CC[C@H](NC(=O)C(C)(C)C)C(=O)OCC. The predicted molar refractivity (Wildman–Crippen MR) is 73.9 cm³/mol. The topological polar surface area (TPSA) is 81.7 Å². The lowest BCUT2D eigenvalue weighted by Gasteiger charge is -2.23. The lowest BCUT2D eigenvalue weighted by molar-refractivity contribution is -0.149. The van der Waals surface area contributed by atoms with Crippen LogP contribution < -0.4 is 5.32 Å². The quantitative estimate of drug-likeness (QED) is 0.716. The molecule has 1 N–H and O–H groups in total. The highest BCUT2D eigenvalue weighted by atomic mass is 16.5. The number of hydrogen-bond acceptors (Lipinski definition) is 5. The number of rotatable bonds is 7. The second-order valence-electron chi connectivity index (χ2n) is 5.37. The molecule has 0 heterocycles. The molecule has 0 rings (SSSR count). The molecule has 0 aliphatic rings. The van der Waals surface area contributed by atoms with E-state index in [0.717, 1.165) is 0 Å². The van der Waals surface area contributed by atoms with Crippen molar-refractivity contribution < 1.29 is 23.9 Å². The molecule has 0 aromatic carbocycles. The van der Waals surface area contributed by atoms with Gasteiger partial charge in [0.2, 0.25) is 5.91 Å². The molecule has 6 heteroatoms. The highest BCUT2D eigenvalue weighted by Crippen LogP contribution is 2.14. The van der Waals surface area contributed by atoms with Crippen molar-refractivity contribution in [3.63, 3.8) is 0 Å². The van der Waals surface area contributed by atoms with Crippen molar-refractivity contribution in [1.82, 2.24) is 5.32 Å². The van der Waals surface area contributed by atoms with Crippen molar-refractivity contribution in [3.05, 3.63) is 0 Å².